The lowest BCUT2D eigenvalue weighted by atomic mass is 10.1. The minimum absolute atomic E-state index is 0.119. The number of anilines is 1. The molecule has 1 rings (SSSR count). The Balaban J connectivity index is 2.77. The fourth-order valence-electron chi connectivity index (χ4n) is 1.82. The van der Waals surface area contributed by atoms with Crippen LogP contribution in [0.3, 0.4) is 0 Å². The predicted octanol–water partition coefficient (Wildman–Crippen LogP) is 1.56. The van der Waals surface area contributed by atoms with Crippen molar-refractivity contribution < 1.29 is 14.0 Å². The van der Waals surface area contributed by atoms with E-state index in [-0.39, 0.29) is 18.0 Å². The van der Waals surface area contributed by atoms with Gasteiger partial charge in [-0.05, 0) is 30.5 Å². The third kappa shape index (κ3) is 4.73. The molecule has 0 saturated heterocycles. The van der Waals surface area contributed by atoms with Crippen molar-refractivity contribution >= 4 is 17.5 Å². The second kappa shape index (κ2) is 7.06. The zero-order chi connectivity index (χ0) is 16.2. The maximum atomic E-state index is 14.0. The van der Waals surface area contributed by atoms with Gasteiger partial charge in [0.25, 0.3) is 5.91 Å². The van der Waals surface area contributed by atoms with Gasteiger partial charge in [-0.1, -0.05) is 13.8 Å². The summed E-state index contributed by atoms with van der Waals surface area (Å²) in [5, 5.41) is 2.71. The van der Waals surface area contributed by atoms with Crippen LogP contribution < -0.4 is 11.1 Å². The Morgan fingerprint density at radius 3 is 2.57 bits per heavy atom. The zero-order valence-corrected chi connectivity index (χ0v) is 12.9. The van der Waals surface area contributed by atoms with Crippen molar-refractivity contribution in [2.24, 2.45) is 5.92 Å². The Labute approximate surface area is 124 Å². The summed E-state index contributed by atoms with van der Waals surface area (Å²) in [6.45, 7) is 5.89. The number of amides is 2. The lowest BCUT2D eigenvalue weighted by Gasteiger charge is -2.18. The molecule has 6 heteroatoms. The third-order valence-corrected chi connectivity index (χ3v) is 2.94. The Kier molecular flexibility index (Phi) is 5.69. The van der Waals surface area contributed by atoms with Gasteiger partial charge < -0.3 is 16.0 Å². The van der Waals surface area contributed by atoms with E-state index in [0.29, 0.717) is 23.7 Å². The van der Waals surface area contributed by atoms with E-state index in [4.69, 9.17) is 5.73 Å². The predicted molar refractivity (Wildman–Crippen MR) is 80.4 cm³/mol. The highest BCUT2D eigenvalue weighted by Gasteiger charge is 2.20. The lowest BCUT2D eigenvalue weighted by Crippen LogP contribution is -2.39. The SMILES string of the molecule is Cc1cc(N)cc(C(=O)N(C)CC(=O)NCC(C)C)c1F. The molecular formula is C15H22FN3O2. The number of nitrogens with zero attached hydrogens (tertiary/aromatic N) is 1. The number of nitrogen functional groups attached to an aromatic ring is 1. The van der Waals surface area contributed by atoms with E-state index >= 15 is 0 Å². The first kappa shape index (κ1) is 16.9. The number of nitrogens with one attached hydrogen (secondary N) is 1. The van der Waals surface area contributed by atoms with Gasteiger partial charge in [0.1, 0.15) is 5.82 Å². The summed E-state index contributed by atoms with van der Waals surface area (Å²) >= 11 is 0. The number of hydrogen-bond acceptors (Lipinski definition) is 3. The van der Waals surface area contributed by atoms with Crippen LogP contribution in [0.25, 0.3) is 0 Å². The van der Waals surface area contributed by atoms with Crippen molar-refractivity contribution in [1.82, 2.24) is 10.2 Å². The Hall–Kier alpha value is -2.11. The molecule has 0 radical (unpaired) electrons. The molecule has 0 aliphatic rings. The number of aryl methyl sites for hydroxylation is 1. The number of nitrogens with two attached hydrogens (primary N) is 1. The summed E-state index contributed by atoms with van der Waals surface area (Å²) < 4.78 is 14.0. The van der Waals surface area contributed by atoms with Gasteiger partial charge in [0.05, 0.1) is 12.1 Å². The molecule has 3 N–H and O–H groups in total. The highest BCUT2D eigenvalue weighted by Crippen LogP contribution is 2.18. The van der Waals surface area contributed by atoms with E-state index in [1.807, 2.05) is 13.8 Å². The van der Waals surface area contributed by atoms with Crippen molar-refractivity contribution in [3.8, 4) is 0 Å². The molecule has 0 spiro atoms. The van der Waals surface area contributed by atoms with Crippen molar-refractivity contribution in [3.05, 3.63) is 29.1 Å². The van der Waals surface area contributed by atoms with Gasteiger partial charge >= 0.3 is 0 Å². The van der Waals surface area contributed by atoms with E-state index in [9.17, 15) is 14.0 Å². The lowest BCUT2D eigenvalue weighted by molar-refractivity contribution is -0.121. The van der Waals surface area contributed by atoms with Crippen molar-refractivity contribution in [3.63, 3.8) is 0 Å². The average molecular weight is 295 g/mol. The Bertz CT molecular complexity index is 544. The number of rotatable bonds is 5. The van der Waals surface area contributed by atoms with Crippen LogP contribution in [0.15, 0.2) is 12.1 Å². The van der Waals surface area contributed by atoms with Gasteiger partial charge in [-0.3, -0.25) is 9.59 Å². The van der Waals surface area contributed by atoms with Gasteiger partial charge in [0.2, 0.25) is 5.91 Å². The summed E-state index contributed by atoms with van der Waals surface area (Å²) in [6.07, 6.45) is 0. The fraction of sp³-hybridized carbons (Fsp3) is 0.467. The molecular weight excluding hydrogens is 273 g/mol. The number of benzene rings is 1. The number of likely N-dealkylation sites (N-methyl/N-ethyl adjacent to an activating group) is 1. The molecule has 0 heterocycles. The molecule has 0 fully saturated rings. The van der Waals surface area contributed by atoms with Crippen LogP contribution in [-0.4, -0.2) is 36.9 Å². The van der Waals surface area contributed by atoms with Gasteiger partial charge in [-0.15, -0.1) is 0 Å². The minimum atomic E-state index is -0.608. The maximum absolute atomic E-state index is 14.0. The van der Waals surface area contributed by atoms with Crippen molar-refractivity contribution in [2.45, 2.75) is 20.8 Å². The standard InChI is InChI=1S/C15H22FN3O2/c1-9(2)7-18-13(20)8-19(4)15(21)12-6-11(17)5-10(3)14(12)16/h5-6,9H,7-8,17H2,1-4H3,(H,18,20). The van der Waals surface area contributed by atoms with Crippen molar-refractivity contribution in [2.75, 3.05) is 25.9 Å². The normalized spacial score (nSPS) is 10.6. The van der Waals surface area contributed by atoms with Crippen LogP contribution in [0.4, 0.5) is 10.1 Å². The van der Waals surface area contributed by atoms with E-state index in [1.165, 1.54) is 31.0 Å². The highest BCUT2D eigenvalue weighted by molar-refractivity contribution is 5.97. The van der Waals surface area contributed by atoms with Crippen LogP contribution in [0.5, 0.6) is 0 Å². The van der Waals surface area contributed by atoms with Gasteiger partial charge in [-0.2, -0.15) is 0 Å². The molecule has 0 atom stereocenters. The number of carbonyl (C=O) groups excluding carboxylic acids is 2. The summed E-state index contributed by atoms with van der Waals surface area (Å²) in [6, 6.07) is 2.74. The molecule has 0 saturated carbocycles. The average Bonchev–Trinajstić information content (AvgIpc) is 2.39. The largest absolute Gasteiger partial charge is 0.399 e. The highest BCUT2D eigenvalue weighted by atomic mass is 19.1. The topological polar surface area (TPSA) is 75.4 Å². The van der Waals surface area contributed by atoms with E-state index in [2.05, 4.69) is 5.32 Å². The Morgan fingerprint density at radius 2 is 2.00 bits per heavy atom. The van der Waals surface area contributed by atoms with Gasteiger partial charge in [-0.25, -0.2) is 4.39 Å². The Morgan fingerprint density at radius 1 is 1.38 bits per heavy atom. The summed E-state index contributed by atoms with van der Waals surface area (Å²) in [4.78, 5) is 25.1. The molecule has 5 nitrogen and oxygen atoms in total. The smallest absolute Gasteiger partial charge is 0.257 e. The molecule has 0 aromatic heterocycles. The van der Waals surface area contributed by atoms with Crippen LogP contribution in [0.2, 0.25) is 0 Å². The van der Waals surface area contributed by atoms with E-state index < -0.39 is 11.7 Å². The van der Waals surface area contributed by atoms with Crippen molar-refractivity contribution in [1.29, 1.82) is 0 Å². The first-order valence-electron chi connectivity index (χ1n) is 6.80. The molecule has 1 aromatic carbocycles. The van der Waals surface area contributed by atoms with E-state index in [0.717, 1.165) is 0 Å². The maximum Gasteiger partial charge on any atom is 0.257 e. The van der Waals surface area contributed by atoms with Gasteiger partial charge in [0, 0.05) is 19.3 Å². The molecule has 0 aliphatic heterocycles. The first-order valence-corrected chi connectivity index (χ1v) is 6.80. The monoisotopic (exact) mass is 295 g/mol. The molecule has 0 aliphatic carbocycles. The molecule has 21 heavy (non-hydrogen) atoms. The quantitative estimate of drug-likeness (QED) is 0.809. The summed E-state index contributed by atoms with van der Waals surface area (Å²) in [7, 11) is 1.45. The van der Waals surface area contributed by atoms with E-state index in [1.54, 1.807) is 0 Å². The second-order valence-electron chi connectivity index (χ2n) is 5.56. The number of hydrogen-bond donors (Lipinski definition) is 2. The third-order valence-electron chi connectivity index (χ3n) is 2.94. The first-order chi connectivity index (χ1) is 9.72. The van der Waals surface area contributed by atoms with Crippen LogP contribution >= 0.6 is 0 Å². The number of carbonyl (C=O) groups is 2. The molecule has 1 aromatic rings. The van der Waals surface area contributed by atoms with Crippen LogP contribution in [0.1, 0.15) is 29.8 Å². The van der Waals surface area contributed by atoms with Crippen LogP contribution in [0, 0.1) is 18.7 Å². The fourth-order valence-corrected chi connectivity index (χ4v) is 1.82. The second-order valence-corrected chi connectivity index (χ2v) is 5.56. The summed E-state index contributed by atoms with van der Waals surface area (Å²) in [5.74, 6) is -1.13. The minimum Gasteiger partial charge on any atom is -0.399 e. The van der Waals surface area contributed by atoms with Gasteiger partial charge in [0.15, 0.2) is 0 Å². The zero-order valence-electron chi connectivity index (χ0n) is 12.9. The van der Waals surface area contributed by atoms with Crippen LogP contribution in [-0.2, 0) is 4.79 Å². The number of halogens is 1. The molecule has 116 valence electrons. The molecule has 0 unspecified atom stereocenters. The summed E-state index contributed by atoms with van der Waals surface area (Å²) in [5.41, 5.74) is 6.13. The molecule has 2 amide bonds. The molecule has 0 bridgehead atoms.